The van der Waals surface area contributed by atoms with Crippen molar-refractivity contribution in [2.75, 3.05) is 6.54 Å². The van der Waals surface area contributed by atoms with Gasteiger partial charge in [-0.25, -0.2) is 0 Å². The summed E-state index contributed by atoms with van der Waals surface area (Å²) in [7, 11) is 0. The molecule has 0 rings (SSSR count). The van der Waals surface area contributed by atoms with E-state index >= 15 is 0 Å². The summed E-state index contributed by atoms with van der Waals surface area (Å²) in [6.45, 7) is 10.2. The third-order valence-electron chi connectivity index (χ3n) is 2.98. The maximum atomic E-state index is 11.9. The number of amides is 1. The third-order valence-corrected chi connectivity index (χ3v) is 2.98. The van der Waals surface area contributed by atoms with Crippen LogP contribution in [0.5, 0.6) is 0 Å². The van der Waals surface area contributed by atoms with E-state index in [0.717, 1.165) is 12.8 Å². The lowest BCUT2D eigenvalue weighted by Gasteiger charge is -2.23. The van der Waals surface area contributed by atoms with Gasteiger partial charge in [-0.05, 0) is 46.1 Å². The van der Waals surface area contributed by atoms with Gasteiger partial charge in [0, 0.05) is 6.42 Å². The lowest BCUT2D eigenvalue weighted by atomic mass is 9.99. The minimum absolute atomic E-state index is 0.170. The van der Waals surface area contributed by atoms with E-state index in [1.54, 1.807) is 0 Å². The number of carbonyl (C=O) groups is 2. The number of carbonyl (C=O) groups excluding carboxylic acids is 2. The molecule has 0 aliphatic heterocycles. The highest BCUT2D eigenvalue weighted by Gasteiger charge is 2.21. The molecule has 5 nitrogen and oxygen atoms in total. The van der Waals surface area contributed by atoms with Crippen molar-refractivity contribution in [2.24, 2.45) is 11.7 Å². The van der Waals surface area contributed by atoms with Gasteiger partial charge in [-0.2, -0.15) is 0 Å². The van der Waals surface area contributed by atoms with Crippen molar-refractivity contribution in [3.8, 4) is 0 Å². The van der Waals surface area contributed by atoms with Crippen molar-refractivity contribution in [2.45, 2.75) is 71.9 Å². The normalized spacial score (nSPS) is 14.7. The van der Waals surface area contributed by atoms with Crippen LogP contribution in [-0.4, -0.2) is 30.1 Å². The predicted molar refractivity (Wildman–Crippen MR) is 80.1 cm³/mol. The van der Waals surface area contributed by atoms with Crippen LogP contribution in [0, 0.1) is 5.92 Å². The van der Waals surface area contributed by atoms with Gasteiger partial charge in [-0.15, -0.1) is 0 Å². The fourth-order valence-corrected chi connectivity index (χ4v) is 2.06. The molecule has 0 aromatic rings. The number of hydrogen-bond donors (Lipinski definition) is 2. The molecule has 0 spiro atoms. The second kappa shape index (κ2) is 8.95. The van der Waals surface area contributed by atoms with Crippen molar-refractivity contribution in [3.63, 3.8) is 0 Å². The van der Waals surface area contributed by atoms with Gasteiger partial charge < -0.3 is 15.8 Å². The standard InChI is InChI=1S/C15H30N2O3/c1-6-8-11(9-13(18)20-15(3,4)5)10-17-12(7-2)14(16)19/h11-12,17H,6-10H2,1-5H3,(H2,16,19)/t11-,12+/m1/s1. The molecule has 0 aromatic heterocycles. The van der Waals surface area contributed by atoms with Gasteiger partial charge in [0.05, 0.1) is 6.04 Å². The Bertz CT molecular complexity index is 311. The van der Waals surface area contributed by atoms with Gasteiger partial charge >= 0.3 is 5.97 Å². The van der Waals surface area contributed by atoms with Crippen LogP contribution < -0.4 is 11.1 Å². The summed E-state index contributed by atoms with van der Waals surface area (Å²) in [5, 5.41) is 3.14. The second-order valence-corrected chi connectivity index (χ2v) is 6.22. The molecule has 0 aliphatic carbocycles. The molecule has 3 N–H and O–H groups in total. The fraction of sp³-hybridized carbons (Fsp3) is 0.867. The van der Waals surface area contributed by atoms with Crippen LogP contribution in [0.2, 0.25) is 0 Å². The topological polar surface area (TPSA) is 81.4 Å². The molecule has 0 fully saturated rings. The van der Waals surface area contributed by atoms with Gasteiger partial charge in [0.2, 0.25) is 5.91 Å². The van der Waals surface area contributed by atoms with E-state index in [1.807, 2.05) is 27.7 Å². The molecule has 0 aromatic carbocycles. The largest absolute Gasteiger partial charge is 0.460 e. The van der Waals surface area contributed by atoms with Crippen LogP contribution in [0.4, 0.5) is 0 Å². The zero-order valence-electron chi connectivity index (χ0n) is 13.5. The zero-order chi connectivity index (χ0) is 15.8. The first-order valence-electron chi connectivity index (χ1n) is 7.44. The van der Waals surface area contributed by atoms with Crippen LogP contribution in [-0.2, 0) is 14.3 Å². The number of ether oxygens (including phenoxy) is 1. The van der Waals surface area contributed by atoms with Crippen molar-refractivity contribution in [3.05, 3.63) is 0 Å². The predicted octanol–water partition coefficient (Wildman–Crippen LogP) is 1.99. The summed E-state index contributed by atoms with van der Waals surface area (Å²) in [6, 6.07) is -0.326. The van der Waals surface area contributed by atoms with E-state index in [-0.39, 0.29) is 23.8 Å². The summed E-state index contributed by atoms with van der Waals surface area (Å²) in [4.78, 5) is 23.0. The highest BCUT2D eigenvalue weighted by molar-refractivity contribution is 5.79. The van der Waals surface area contributed by atoms with Crippen LogP contribution in [0.15, 0.2) is 0 Å². The summed E-state index contributed by atoms with van der Waals surface area (Å²) in [6.07, 6.45) is 2.93. The van der Waals surface area contributed by atoms with E-state index in [9.17, 15) is 9.59 Å². The van der Waals surface area contributed by atoms with E-state index < -0.39 is 5.60 Å². The average molecular weight is 286 g/mol. The molecule has 0 bridgehead atoms. The summed E-state index contributed by atoms with van der Waals surface area (Å²) in [5.41, 5.74) is 4.84. The number of nitrogens with two attached hydrogens (primary N) is 1. The van der Waals surface area contributed by atoms with E-state index in [4.69, 9.17) is 10.5 Å². The highest BCUT2D eigenvalue weighted by atomic mass is 16.6. The SMILES string of the molecule is CCC[C@@H](CN[C@@H](CC)C(N)=O)CC(=O)OC(C)(C)C. The molecule has 20 heavy (non-hydrogen) atoms. The number of hydrogen-bond acceptors (Lipinski definition) is 4. The Labute approximate surface area is 122 Å². The molecule has 0 saturated carbocycles. The Balaban J connectivity index is 4.35. The zero-order valence-corrected chi connectivity index (χ0v) is 13.5. The Kier molecular flexibility index (Phi) is 8.46. The van der Waals surface area contributed by atoms with Crippen LogP contribution >= 0.6 is 0 Å². The summed E-state index contributed by atoms with van der Waals surface area (Å²) >= 11 is 0. The highest BCUT2D eigenvalue weighted by Crippen LogP contribution is 2.15. The molecule has 0 radical (unpaired) electrons. The van der Waals surface area contributed by atoms with Gasteiger partial charge in [0.1, 0.15) is 5.60 Å². The Morgan fingerprint density at radius 3 is 2.25 bits per heavy atom. The van der Waals surface area contributed by atoms with E-state index in [2.05, 4.69) is 12.2 Å². The summed E-state index contributed by atoms with van der Waals surface area (Å²) in [5.74, 6) is -0.367. The van der Waals surface area contributed by atoms with Crippen molar-refractivity contribution >= 4 is 11.9 Å². The van der Waals surface area contributed by atoms with Crippen LogP contribution in [0.3, 0.4) is 0 Å². The van der Waals surface area contributed by atoms with E-state index in [0.29, 0.717) is 19.4 Å². The fourth-order valence-electron chi connectivity index (χ4n) is 2.06. The Morgan fingerprint density at radius 1 is 1.25 bits per heavy atom. The molecule has 5 heteroatoms. The molecule has 0 heterocycles. The average Bonchev–Trinajstić information content (AvgIpc) is 2.26. The molecule has 2 atom stereocenters. The maximum absolute atomic E-state index is 11.9. The second-order valence-electron chi connectivity index (χ2n) is 6.22. The Morgan fingerprint density at radius 2 is 1.85 bits per heavy atom. The first-order chi connectivity index (χ1) is 9.19. The number of primary amides is 1. The monoisotopic (exact) mass is 286 g/mol. The summed E-state index contributed by atoms with van der Waals surface area (Å²) < 4.78 is 5.34. The minimum Gasteiger partial charge on any atom is -0.460 e. The smallest absolute Gasteiger partial charge is 0.306 e. The van der Waals surface area contributed by atoms with Gasteiger partial charge in [0.15, 0.2) is 0 Å². The molecular weight excluding hydrogens is 256 g/mol. The third kappa shape index (κ3) is 8.91. The first-order valence-corrected chi connectivity index (χ1v) is 7.44. The maximum Gasteiger partial charge on any atom is 0.306 e. The lowest BCUT2D eigenvalue weighted by molar-refractivity contribution is -0.156. The number of esters is 1. The lowest BCUT2D eigenvalue weighted by Crippen LogP contribution is -2.43. The van der Waals surface area contributed by atoms with Crippen molar-refractivity contribution < 1.29 is 14.3 Å². The quantitative estimate of drug-likeness (QED) is 0.635. The van der Waals surface area contributed by atoms with Gasteiger partial charge in [-0.3, -0.25) is 9.59 Å². The van der Waals surface area contributed by atoms with Gasteiger partial charge in [0.25, 0.3) is 0 Å². The van der Waals surface area contributed by atoms with Crippen molar-refractivity contribution in [1.29, 1.82) is 0 Å². The molecule has 0 saturated heterocycles. The van der Waals surface area contributed by atoms with Crippen LogP contribution in [0.1, 0.15) is 60.3 Å². The number of nitrogens with one attached hydrogen (secondary N) is 1. The Hall–Kier alpha value is -1.10. The van der Waals surface area contributed by atoms with Crippen molar-refractivity contribution in [1.82, 2.24) is 5.32 Å². The van der Waals surface area contributed by atoms with E-state index in [1.165, 1.54) is 0 Å². The molecular formula is C15H30N2O3. The van der Waals surface area contributed by atoms with Crippen LogP contribution in [0.25, 0.3) is 0 Å². The molecule has 1 amide bonds. The minimum atomic E-state index is -0.458. The first kappa shape index (κ1) is 18.9. The number of rotatable bonds is 9. The molecule has 118 valence electrons. The molecule has 0 aliphatic rings. The molecule has 0 unspecified atom stereocenters. The van der Waals surface area contributed by atoms with Gasteiger partial charge in [-0.1, -0.05) is 20.3 Å².